The maximum Gasteiger partial charge on any atom is 0.410 e. The molecule has 0 radical (unpaired) electrons. The first-order chi connectivity index (χ1) is 18.1. The van der Waals surface area contributed by atoms with E-state index in [1.807, 2.05) is 39.8 Å². The molecule has 0 unspecified atom stereocenters. The average Bonchev–Trinajstić information content (AvgIpc) is 3.24. The van der Waals surface area contributed by atoms with Gasteiger partial charge >= 0.3 is 12.1 Å². The van der Waals surface area contributed by atoms with Gasteiger partial charge in [-0.25, -0.2) is 14.6 Å². The molecule has 0 atom stereocenters. The minimum Gasteiger partial charge on any atom is -0.480 e. The lowest BCUT2D eigenvalue weighted by atomic mass is 10.0. The fraction of sp³-hybridized carbons (Fsp3) is 0.370. The molecule has 2 aromatic heterocycles. The predicted molar refractivity (Wildman–Crippen MR) is 141 cm³/mol. The molecule has 38 heavy (non-hydrogen) atoms. The summed E-state index contributed by atoms with van der Waals surface area (Å²) in [5.41, 5.74) is 2.97. The molecule has 3 amide bonds. The lowest BCUT2D eigenvalue weighted by Crippen LogP contribution is -2.52. The van der Waals surface area contributed by atoms with Gasteiger partial charge in [0.1, 0.15) is 5.60 Å². The van der Waals surface area contributed by atoms with E-state index >= 15 is 0 Å². The van der Waals surface area contributed by atoms with E-state index in [0.717, 1.165) is 16.8 Å². The number of carbonyl (C=O) groups excluding carboxylic acids is 2. The summed E-state index contributed by atoms with van der Waals surface area (Å²) in [6.07, 6.45) is 1.19. The number of aromatic nitrogens is 3. The molecule has 4 rings (SSSR count). The van der Waals surface area contributed by atoms with Crippen LogP contribution < -0.4 is 10.1 Å². The number of ether oxygens (including phenoxy) is 2. The Bertz CT molecular complexity index is 1340. The third kappa shape index (κ3) is 5.86. The summed E-state index contributed by atoms with van der Waals surface area (Å²) in [5, 5.41) is 16.5. The Hall–Kier alpha value is -4.59. The number of methoxy groups -OCH3 is 1. The number of amides is 3. The van der Waals surface area contributed by atoms with Gasteiger partial charge < -0.3 is 24.6 Å². The Labute approximate surface area is 221 Å². The first-order valence-electron chi connectivity index (χ1n) is 12.2. The monoisotopic (exact) mass is 517 g/mol. The molecule has 0 spiro atoms. The van der Waals surface area contributed by atoms with Crippen molar-refractivity contribution in [2.75, 3.05) is 38.6 Å². The van der Waals surface area contributed by atoms with Gasteiger partial charge in [0.25, 0.3) is 0 Å². The van der Waals surface area contributed by atoms with Gasteiger partial charge in [-0.1, -0.05) is 12.1 Å². The molecular weight excluding hydrogens is 486 g/mol. The number of anilines is 1. The number of nitrogens with one attached hydrogen (secondary N) is 1. The second kappa shape index (κ2) is 10.8. The molecule has 1 saturated heterocycles. The lowest BCUT2D eigenvalue weighted by Gasteiger charge is -2.35. The third-order valence-electron chi connectivity index (χ3n) is 5.95. The van der Waals surface area contributed by atoms with E-state index in [0.29, 0.717) is 49.1 Å². The van der Waals surface area contributed by atoms with Gasteiger partial charge in [-0.3, -0.25) is 0 Å². The molecule has 1 aliphatic heterocycles. The number of hydrogen-bond acceptors (Lipinski definition) is 7. The smallest absolute Gasteiger partial charge is 0.410 e. The highest BCUT2D eigenvalue weighted by Gasteiger charge is 2.28. The quantitative estimate of drug-likeness (QED) is 0.549. The maximum absolute atomic E-state index is 12.8. The summed E-state index contributed by atoms with van der Waals surface area (Å²) in [6.45, 7) is 8.96. The first kappa shape index (κ1) is 26.5. The third-order valence-corrected chi connectivity index (χ3v) is 5.95. The van der Waals surface area contributed by atoms with E-state index in [9.17, 15) is 9.59 Å². The number of nitriles is 1. The fourth-order valence-electron chi connectivity index (χ4n) is 4.10. The van der Waals surface area contributed by atoms with E-state index in [2.05, 4.69) is 21.5 Å². The van der Waals surface area contributed by atoms with Gasteiger partial charge in [0, 0.05) is 26.2 Å². The van der Waals surface area contributed by atoms with Gasteiger partial charge in [-0.05, 0) is 57.5 Å². The zero-order chi connectivity index (χ0) is 27.4. The highest BCUT2D eigenvalue weighted by molar-refractivity contribution is 5.89. The fourth-order valence-corrected chi connectivity index (χ4v) is 4.10. The summed E-state index contributed by atoms with van der Waals surface area (Å²) in [6, 6.07) is 12.6. The van der Waals surface area contributed by atoms with Crippen LogP contribution in [0.1, 0.15) is 32.0 Å². The Morgan fingerprint density at radius 1 is 1.03 bits per heavy atom. The van der Waals surface area contributed by atoms with E-state index in [1.165, 1.54) is 0 Å². The molecule has 198 valence electrons. The Balaban J connectivity index is 1.42. The number of hydrogen-bond donors (Lipinski definition) is 1. The number of nitrogens with zero attached hydrogens (tertiary/aromatic N) is 6. The first-order valence-corrected chi connectivity index (χ1v) is 12.2. The number of piperazine rings is 1. The zero-order valence-corrected chi connectivity index (χ0v) is 22.2. The van der Waals surface area contributed by atoms with Crippen molar-refractivity contribution in [1.82, 2.24) is 24.6 Å². The zero-order valence-electron chi connectivity index (χ0n) is 22.2. The number of carbonyl (C=O) groups is 2. The number of aryl methyl sites for hydroxylation is 1. The molecule has 3 aromatic rings. The van der Waals surface area contributed by atoms with Crippen molar-refractivity contribution in [1.29, 1.82) is 5.26 Å². The van der Waals surface area contributed by atoms with Crippen LogP contribution in [0, 0.1) is 18.3 Å². The van der Waals surface area contributed by atoms with Crippen LogP contribution >= 0.6 is 0 Å². The van der Waals surface area contributed by atoms with Crippen LogP contribution in [0.2, 0.25) is 0 Å². The number of pyridine rings is 1. The standard InChI is InChI=1S/C27H31N7O4/c1-18-23(20-8-6-19(16-28)7-9-20)24(37-5)34(31-18)22-11-10-21(17-29-22)30-25(35)32-12-14-33(15-13-32)26(36)38-27(2,3)4/h6-11,17H,12-15H2,1-5H3,(H,30,35). The molecule has 0 aliphatic carbocycles. The van der Waals surface area contributed by atoms with Crippen LogP contribution in [-0.2, 0) is 4.74 Å². The molecule has 3 heterocycles. The molecule has 1 aromatic carbocycles. The van der Waals surface area contributed by atoms with Crippen LogP contribution in [0.5, 0.6) is 5.88 Å². The summed E-state index contributed by atoms with van der Waals surface area (Å²) >= 11 is 0. The molecule has 1 N–H and O–H groups in total. The minimum atomic E-state index is -0.561. The second-order valence-corrected chi connectivity index (χ2v) is 9.86. The van der Waals surface area contributed by atoms with Gasteiger partial charge in [0.15, 0.2) is 5.82 Å². The van der Waals surface area contributed by atoms with Crippen LogP contribution in [0.4, 0.5) is 15.3 Å². The number of benzene rings is 1. The summed E-state index contributed by atoms with van der Waals surface area (Å²) in [7, 11) is 1.57. The summed E-state index contributed by atoms with van der Waals surface area (Å²) < 4.78 is 12.7. The van der Waals surface area contributed by atoms with Crippen molar-refractivity contribution in [3.05, 3.63) is 53.9 Å². The summed E-state index contributed by atoms with van der Waals surface area (Å²) in [5.74, 6) is 1.04. The summed E-state index contributed by atoms with van der Waals surface area (Å²) in [4.78, 5) is 32.8. The molecule has 11 nitrogen and oxygen atoms in total. The van der Waals surface area contributed by atoms with E-state index in [1.54, 1.807) is 52.1 Å². The van der Waals surface area contributed by atoms with Crippen molar-refractivity contribution in [3.8, 4) is 28.9 Å². The second-order valence-electron chi connectivity index (χ2n) is 9.86. The minimum absolute atomic E-state index is 0.265. The SMILES string of the molecule is COc1c(-c2ccc(C#N)cc2)c(C)nn1-c1ccc(NC(=O)N2CCN(C(=O)OC(C)(C)C)CC2)cn1. The number of rotatable bonds is 4. The van der Waals surface area contributed by atoms with Crippen molar-refractivity contribution in [3.63, 3.8) is 0 Å². The highest BCUT2D eigenvalue weighted by Crippen LogP contribution is 2.35. The van der Waals surface area contributed by atoms with Crippen molar-refractivity contribution < 1.29 is 19.1 Å². The average molecular weight is 518 g/mol. The molecule has 11 heteroatoms. The van der Waals surface area contributed by atoms with Crippen LogP contribution in [-0.4, -0.2) is 75.6 Å². The Morgan fingerprint density at radius 2 is 1.68 bits per heavy atom. The largest absolute Gasteiger partial charge is 0.480 e. The highest BCUT2D eigenvalue weighted by atomic mass is 16.6. The number of urea groups is 1. The van der Waals surface area contributed by atoms with Crippen molar-refractivity contribution in [2.45, 2.75) is 33.3 Å². The van der Waals surface area contributed by atoms with E-state index < -0.39 is 5.60 Å². The normalized spacial score (nSPS) is 13.6. The Morgan fingerprint density at radius 3 is 2.24 bits per heavy atom. The maximum atomic E-state index is 12.8. The predicted octanol–water partition coefficient (Wildman–Crippen LogP) is 4.21. The topological polar surface area (TPSA) is 126 Å². The Kier molecular flexibility index (Phi) is 7.52. The van der Waals surface area contributed by atoms with Crippen molar-refractivity contribution >= 4 is 17.8 Å². The molecular formula is C27H31N7O4. The molecule has 0 saturated carbocycles. The van der Waals surface area contributed by atoms with Crippen LogP contribution in [0.15, 0.2) is 42.6 Å². The molecule has 1 fully saturated rings. The molecule has 1 aliphatic rings. The lowest BCUT2D eigenvalue weighted by molar-refractivity contribution is 0.0174. The van der Waals surface area contributed by atoms with E-state index in [-0.39, 0.29) is 12.1 Å². The van der Waals surface area contributed by atoms with Crippen LogP contribution in [0.3, 0.4) is 0 Å². The van der Waals surface area contributed by atoms with Gasteiger partial charge in [0.2, 0.25) is 5.88 Å². The molecule has 0 bridgehead atoms. The van der Waals surface area contributed by atoms with Gasteiger partial charge in [-0.15, -0.1) is 0 Å². The van der Waals surface area contributed by atoms with Crippen LogP contribution in [0.25, 0.3) is 16.9 Å². The van der Waals surface area contributed by atoms with Crippen molar-refractivity contribution in [2.24, 2.45) is 0 Å². The van der Waals surface area contributed by atoms with E-state index in [4.69, 9.17) is 14.7 Å². The van der Waals surface area contributed by atoms with Gasteiger partial charge in [0.05, 0.1) is 41.9 Å². The van der Waals surface area contributed by atoms with Gasteiger partial charge in [-0.2, -0.15) is 15.0 Å².